The summed E-state index contributed by atoms with van der Waals surface area (Å²) in [7, 11) is 2.09. The highest BCUT2D eigenvalue weighted by Crippen LogP contribution is 2.35. The summed E-state index contributed by atoms with van der Waals surface area (Å²) < 4.78 is 0. The van der Waals surface area contributed by atoms with E-state index >= 15 is 0 Å². The molecule has 0 spiro atoms. The van der Waals surface area contributed by atoms with Crippen LogP contribution < -0.4 is 5.32 Å². The van der Waals surface area contributed by atoms with Crippen LogP contribution in [0.2, 0.25) is 0 Å². The number of rotatable bonds is 5. The minimum Gasteiger partial charge on any atom is -0.316 e. The van der Waals surface area contributed by atoms with Gasteiger partial charge in [-0.3, -0.25) is 4.98 Å². The lowest BCUT2D eigenvalue weighted by Gasteiger charge is -2.36. The van der Waals surface area contributed by atoms with E-state index in [-0.39, 0.29) is 0 Å². The van der Waals surface area contributed by atoms with E-state index in [1.807, 2.05) is 18.5 Å². The first-order valence-electron chi connectivity index (χ1n) is 6.64. The van der Waals surface area contributed by atoms with Gasteiger partial charge in [-0.1, -0.05) is 13.0 Å². The predicted octanol–water partition coefficient (Wildman–Crippen LogP) is 2.84. The topological polar surface area (TPSA) is 24.9 Å². The van der Waals surface area contributed by atoms with E-state index in [1.165, 1.54) is 23.5 Å². The molecule has 3 unspecified atom stereocenters. The van der Waals surface area contributed by atoms with Crippen LogP contribution in [-0.2, 0) is 6.42 Å². The second-order valence-electron chi connectivity index (χ2n) is 4.61. The molecule has 100 valence electrons. The van der Waals surface area contributed by atoms with Gasteiger partial charge in [-0.2, -0.15) is 23.5 Å². The molecule has 1 aliphatic heterocycles. The molecule has 1 fully saturated rings. The van der Waals surface area contributed by atoms with Gasteiger partial charge in [-0.15, -0.1) is 0 Å². The van der Waals surface area contributed by atoms with Gasteiger partial charge in [-0.25, -0.2) is 0 Å². The number of aromatic nitrogens is 1. The van der Waals surface area contributed by atoms with Crippen molar-refractivity contribution in [1.29, 1.82) is 0 Å². The SMILES string of the molecule is CCC1SCCSC1C(Cc1cccnc1)NC. The largest absolute Gasteiger partial charge is 0.316 e. The lowest BCUT2D eigenvalue weighted by atomic mass is 10.0. The fourth-order valence-electron chi connectivity index (χ4n) is 2.47. The van der Waals surface area contributed by atoms with Crippen molar-refractivity contribution in [3.8, 4) is 0 Å². The van der Waals surface area contributed by atoms with Crippen LogP contribution in [-0.4, -0.2) is 40.1 Å². The minimum atomic E-state index is 0.553. The summed E-state index contributed by atoms with van der Waals surface area (Å²) in [5, 5.41) is 5.03. The van der Waals surface area contributed by atoms with Crippen molar-refractivity contribution in [3.63, 3.8) is 0 Å². The van der Waals surface area contributed by atoms with Crippen molar-refractivity contribution < 1.29 is 0 Å². The normalized spacial score (nSPS) is 25.9. The molecule has 4 heteroatoms. The highest BCUT2D eigenvalue weighted by molar-refractivity contribution is 8.07. The fraction of sp³-hybridized carbons (Fsp3) is 0.643. The molecule has 1 N–H and O–H groups in total. The predicted molar refractivity (Wildman–Crippen MR) is 83.6 cm³/mol. The molecule has 2 rings (SSSR count). The van der Waals surface area contributed by atoms with E-state index in [9.17, 15) is 0 Å². The molecule has 0 saturated carbocycles. The maximum Gasteiger partial charge on any atom is 0.0323 e. The Morgan fingerprint density at radius 2 is 2.28 bits per heavy atom. The maximum atomic E-state index is 4.22. The Kier molecular flexibility index (Phi) is 5.86. The van der Waals surface area contributed by atoms with Crippen LogP contribution >= 0.6 is 23.5 Å². The van der Waals surface area contributed by atoms with Crippen molar-refractivity contribution in [1.82, 2.24) is 10.3 Å². The number of pyridine rings is 1. The Labute approximate surface area is 119 Å². The van der Waals surface area contributed by atoms with Gasteiger partial charge in [0, 0.05) is 40.4 Å². The third-order valence-corrected chi connectivity index (χ3v) is 6.85. The molecule has 0 aromatic carbocycles. The van der Waals surface area contributed by atoms with Gasteiger partial charge in [-0.05, 0) is 31.5 Å². The highest BCUT2D eigenvalue weighted by atomic mass is 32.2. The second-order valence-corrected chi connectivity index (χ2v) is 7.25. The third-order valence-electron chi connectivity index (χ3n) is 3.44. The van der Waals surface area contributed by atoms with Crippen molar-refractivity contribution in [2.24, 2.45) is 0 Å². The van der Waals surface area contributed by atoms with Gasteiger partial charge in [0.25, 0.3) is 0 Å². The van der Waals surface area contributed by atoms with Crippen molar-refractivity contribution in [2.75, 3.05) is 18.6 Å². The van der Waals surface area contributed by atoms with E-state index in [4.69, 9.17) is 0 Å². The van der Waals surface area contributed by atoms with Gasteiger partial charge in [0.15, 0.2) is 0 Å². The molecule has 0 radical (unpaired) electrons. The molecule has 1 aromatic rings. The van der Waals surface area contributed by atoms with Crippen molar-refractivity contribution in [2.45, 2.75) is 36.3 Å². The Hall–Kier alpha value is -0.190. The average Bonchev–Trinajstić information content (AvgIpc) is 2.46. The van der Waals surface area contributed by atoms with Crippen LogP contribution in [0.1, 0.15) is 18.9 Å². The molecule has 1 saturated heterocycles. The molecule has 2 nitrogen and oxygen atoms in total. The lowest BCUT2D eigenvalue weighted by molar-refractivity contribution is 0.517. The Morgan fingerprint density at radius 1 is 1.44 bits per heavy atom. The number of hydrogen-bond donors (Lipinski definition) is 1. The fourth-order valence-corrected chi connectivity index (χ4v) is 5.77. The lowest BCUT2D eigenvalue weighted by Crippen LogP contribution is -2.44. The van der Waals surface area contributed by atoms with E-state index in [1.54, 1.807) is 0 Å². The summed E-state index contributed by atoms with van der Waals surface area (Å²) in [5.74, 6) is 2.60. The van der Waals surface area contributed by atoms with E-state index < -0.39 is 0 Å². The molecular formula is C14H22N2S2. The zero-order chi connectivity index (χ0) is 12.8. The second kappa shape index (κ2) is 7.41. The van der Waals surface area contributed by atoms with E-state index in [2.05, 4.69) is 53.9 Å². The molecule has 0 bridgehead atoms. The molecule has 0 amide bonds. The summed E-state index contributed by atoms with van der Waals surface area (Å²) in [6.07, 6.45) is 6.19. The van der Waals surface area contributed by atoms with Gasteiger partial charge in [0.2, 0.25) is 0 Å². The molecule has 2 heterocycles. The smallest absolute Gasteiger partial charge is 0.0323 e. The van der Waals surface area contributed by atoms with Crippen LogP contribution in [0.3, 0.4) is 0 Å². The number of likely N-dealkylation sites (N-methyl/N-ethyl adjacent to an activating group) is 1. The number of thioether (sulfide) groups is 2. The molecule has 1 aliphatic rings. The Bertz CT molecular complexity index is 345. The zero-order valence-electron chi connectivity index (χ0n) is 11.1. The van der Waals surface area contributed by atoms with Crippen LogP contribution in [0.15, 0.2) is 24.5 Å². The first-order valence-corrected chi connectivity index (χ1v) is 8.74. The maximum absolute atomic E-state index is 4.22. The van der Waals surface area contributed by atoms with Gasteiger partial charge >= 0.3 is 0 Å². The summed E-state index contributed by atoms with van der Waals surface area (Å²) >= 11 is 4.29. The minimum absolute atomic E-state index is 0.553. The Balaban J connectivity index is 2.03. The Morgan fingerprint density at radius 3 is 2.94 bits per heavy atom. The summed E-state index contributed by atoms with van der Waals surface area (Å²) in [6, 6.07) is 4.76. The first-order chi connectivity index (χ1) is 8.85. The van der Waals surface area contributed by atoms with Crippen LogP contribution in [0.5, 0.6) is 0 Å². The van der Waals surface area contributed by atoms with Gasteiger partial charge < -0.3 is 5.32 Å². The molecule has 0 aliphatic carbocycles. The number of nitrogens with one attached hydrogen (secondary N) is 1. The van der Waals surface area contributed by atoms with Crippen LogP contribution in [0.25, 0.3) is 0 Å². The highest BCUT2D eigenvalue weighted by Gasteiger charge is 2.31. The molecule has 1 aromatic heterocycles. The van der Waals surface area contributed by atoms with Crippen molar-refractivity contribution in [3.05, 3.63) is 30.1 Å². The van der Waals surface area contributed by atoms with E-state index in [0.717, 1.165) is 16.9 Å². The van der Waals surface area contributed by atoms with Crippen LogP contribution in [0.4, 0.5) is 0 Å². The summed E-state index contributed by atoms with van der Waals surface area (Å²) in [5.41, 5.74) is 1.34. The summed E-state index contributed by atoms with van der Waals surface area (Å²) in [4.78, 5) is 4.22. The molecule has 3 atom stereocenters. The molecular weight excluding hydrogens is 260 g/mol. The summed E-state index contributed by atoms with van der Waals surface area (Å²) in [6.45, 7) is 2.31. The van der Waals surface area contributed by atoms with E-state index in [0.29, 0.717) is 6.04 Å². The van der Waals surface area contributed by atoms with Crippen molar-refractivity contribution >= 4 is 23.5 Å². The third kappa shape index (κ3) is 3.65. The molecule has 18 heavy (non-hydrogen) atoms. The first kappa shape index (κ1) is 14.2. The van der Waals surface area contributed by atoms with Gasteiger partial charge in [0.1, 0.15) is 0 Å². The monoisotopic (exact) mass is 282 g/mol. The average molecular weight is 282 g/mol. The number of hydrogen-bond acceptors (Lipinski definition) is 4. The zero-order valence-corrected chi connectivity index (χ0v) is 12.8. The number of nitrogens with zero attached hydrogens (tertiary/aromatic N) is 1. The van der Waals surface area contributed by atoms with Crippen LogP contribution in [0, 0.1) is 0 Å². The van der Waals surface area contributed by atoms with Gasteiger partial charge in [0.05, 0.1) is 0 Å². The standard InChI is InChI=1S/C14H22N2S2/c1-3-13-14(18-8-7-17-13)12(15-2)9-11-5-4-6-16-10-11/h4-6,10,12-15H,3,7-9H2,1-2H3. The quantitative estimate of drug-likeness (QED) is 0.898.